The maximum absolute atomic E-state index is 4.41. The molecule has 2 aromatic rings. The third-order valence-electron chi connectivity index (χ3n) is 3.42. The Morgan fingerprint density at radius 2 is 2.06 bits per heavy atom. The molecule has 1 fully saturated rings. The number of rotatable bonds is 3. The number of nitrogens with zero attached hydrogens (tertiary/aromatic N) is 1. The van der Waals surface area contributed by atoms with E-state index in [2.05, 4.69) is 41.6 Å². The number of aromatic nitrogens is 1. The Labute approximate surface area is 95.7 Å². The summed E-state index contributed by atoms with van der Waals surface area (Å²) in [5.41, 5.74) is 2.50. The molecular weight excluding hydrogens is 196 g/mol. The Bertz CT molecular complexity index is 498. The highest BCUT2D eigenvalue weighted by Crippen LogP contribution is 2.42. The Balaban J connectivity index is 2.14. The molecule has 0 radical (unpaired) electrons. The Kier molecular flexibility index (Phi) is 2.37. The van der Waals surface area contributed by atoms with E-state index in [-0.39, 0.29) is 0 Å². The van der Waals surface area contributed by atoms with E-state index in [9.17, 15) is 0 Å². The van der Waals surface area contributed by atoms with Gasteiger partial charge in [-0.3, -0.25) is 4.98 Å². The molecule has 1 aromatic heterocycles. The van der Waals surface area contributed by atoms with E-state index in [1.807, 2.05) is 12.3 Å². The van der Waals surface area contributed by atoms with Crippen LogP contribution in [0.2, 0.25) is 0 Å². The second kappa shape index (κ2) is 3.87. The van der Waals surface area contributed by atoms with Gasteiger partial charge in [0, 0.05) is 17.6 Å². The van der Waals surface area contributed by atoms with Crippen molar-refractivity contribution >= 4 is 10.9 Å². The summed E-state index contributed by atoms with van der Waals surface area (Å²) in [5, 5.41) is 4.73. The number of hydrogen-bond acceptors (Lipinski definition) is 2. The standard InChI is InChI=1S/C14H16N2/c1-15-14(10-6-7-10)12-8-9-16-13-5-3-2-4-11(12)13/h2-5,8-10,14-15H,6-7H2,1H3. The summed E-state index contributed by atoms with van der Waals surface area (Å²) in [6.45, 7) is 0. The molecule has 1 aromatic carbocycles. The summed E-state index contributed by atoms with van der Waals surface area (Å²) in [6.07, 6.45) is 4.62. The SMILES string of the molecule is CNC(c1ccnc2ccccc12)C1CC1. The van der Waals surface area contributed by atoms with Crippen molar-refractivity contribution in [1.82, 2.24) is 10.3 Å². The molecule has 1 N–H and O–H groups in total. The molecular formula is C14H16N2. The van der Waals surface area contributed by atoms with Crippen LogP contribution < -0.4 is 5.32 Å². The number of fused-ring (bicyclic) bond motifs is 1. The third-order valence-corrected chi connectivity index (χ3v) is 3.42. The van der Waals surface area contributed by atoms with E-state index in [1.54, 1.807) is 0 Å². The van der Waals surface area contributed by atoms with Crippen LogP contribution in [0.15, 0.2) is 36.5 Å². The van der Waals surface area contributed by atoms with Gasteiger partial charge in [-0.15, -0.1) is 0 Å². The highest BCUT2D eigenvalue weighted by atomic mass is 14.9. The molecule has 1 atom stereocenters. The molecule has 2 nitrogen and oxygen atoms in total. The smallest absolute Gasteiger partial charge is 0.0705 e. The summed E-state index contributed by atoms with van der Waals surface area (Å²) in [6, 6.07) is 11.0. The first-order chi connectivity index (χ1) is 7.90. The number of pyridine rings is 1. The van der Waals surface area contributed by atoms with Crippen LogP contribution in [0.25, 0.3) is 10.9 Å². The van der Waals surface area contributed by atoms with Crippen molar-refractivity contribution in [3.8, 4) is 0 Å². The fourth-order valence-corrected chi connectivity index (χ4v) is 2.46. The summed E-state index contributed by atoms with van der Waals surface area (Å²) >= 11 is 0. The van der Waals surface area contributed by atoms with Gasteiger partial charge in [0.05, 0.1) is 5.52 Å². The molecule has 1 heterocycles. The number of benzene rings is 1. The van der Waals surface area contributed by atoms with Crippen molar-refractivity contribution in [3.05, 3.63) is 42.1 Å². The molecule has 1 saturated carbocycles. The Morgan fingerprint density at radius 1 is 1.25 bits per heavy atom. The van der Waals surface area contributed by atoms with E-state index in [0.29, 0.717) is 6.04 Å². The van der Waals surface area contributed by atoms with Crippen molar-refractivity contribution in [2.45, 2.75) is 18.9 Å². The van der Waals surface area contributed by atoms with Gasteiger partial charge in [0.1, 0.15) is 0 Å². The van der Waals surface area contributed by atoms with Crippen LogP contribution in [0.3, 0.4) is 0 Å². The minimum Gasteiger partial charge on any atom is -0.313 e. The fraction of sp³-hybridized carbons (Fsp3) is 0.357. The van der Waals surface area contributed by atoms with Gasteiger partial charge in [-0.25, -0.2) is 0 Å². The van der Waals surface area contributed by atoms with Crippen LogP contribution in [0.4, 0.5) is 0 Å². The first-order valence-electron chi connectivity index (χ1n) is 5.91. The predicted octanol–water partition coefficient (Wildman–Crippen LogP) is 2.91. The zero-order valence-corrected chi connectivity index (χ0v) is 9.48. The van der Waals surface area contributed by atoms with Gasteiger partial charge < -0.3 is 5.32 Å². The van der Waals surface area contributed by atoms with E-state index in [1.165, 1.54) is 23.8 Å². The first-order valence-corrected chi connectivity index (χ1v) is 5.91. The van der Waals surface area contributed by atoms with Crippen LogP contribution in [0.1, 0.15) is 24.4 Å². The third kappa shape index (κ3) is 1.59. The van der Waals surface area contributed by atoms with Crippen LogP contribution in [0, 0.1) is 5.92 Å². The van der Waals surface area contributed by atoms with Gasteiger partial charge in [0.2, 0.25) is 0 Å². The van der Waals surface area contributed by atoms with Crippen LogP contribution in [-0.2, 0) is 0 Å². The topological polar surface area (TPSA) is 24.9 Å². The average molecular weight is 212 g/mol. The van der Waals surface area contributed by atoms with Crippen molar-refractivity contribution in [3.63, 3.8) is 0 Å². The number of para-hydroxylation sites is 1. The maximum atomic E-state index is 4.41. The predicted molar refractivity (Wildman–Crippen MR) is 66.3 cm³/mol. The van der Waals surface area contributed by atoms with Crippen LogP contribution in [-0.4, -0.2) is 12.0 Å². The Morgan fingerprint density at radius 3 is 2.81 bits per heavy atom. The largest absolute Gasteiger partial charge is 0.313 e. The monoisotopic (exact) mass is 212 g/mol. The van der Waals surface area contributed by atoms with E-state index < -0.39 is 0 Å². The quantitative estimate of drug-likeness (QED) is 0.846. The van der Waals surface area contributed by atoms with Crippen molar-refractivity contribution in [2.75, 3.05) is 7.05 Å². The fourth-order valence-electron chi connectivity index (χ4n) is 2.46. The average Bonchev–Trinajstić information content (AvgIpc) is 3.15. The maximum Gasteiger partial charge on any atom is 0.0705 e. The highest BCUT2D eigenvalue weighted by Gasteiger charge is 2.31. The minimum absolute atomic E-state index is 0.493. The number of hydrogen-bond donors (Lipinski definition) is 1. The van der Waals surface area contributed by atoms with Crippen LogP contribution in [0.5, 0.6) is 0 Å². The second-order valence-electron chi connectivity index (χ2n) is 4.52. The lowest BCUT2D eigenvalue weighted by molar-refractivity contribution is 0.532. The van der Waals surface area contributed by atoms with Gasteiger partial charge in [0.25, 0.3) is 0 Å². The zero-order valence-electron chi connectivity index (χ0n) is 9.48. The molecule has 1 aliphatic carbocycles. The molecule has 3 rings (SSSR count). The van der Waals surface area contributed by atoms with Crippen molar-refractivity contribution < 1.29 is 0 Å². The van der Waals surface area contributed by atoms with E-state index >= 15 is 0 Å². The zero-order chi connectivity index (χ0) is 11.0. The first kappa shape index (κ1) is 9.79. The molecule has 0 aliphatic heterocycles. The number of nitrogens with one attached hydrogen (secondary N) is 1. The molecule has 0 amide bonds. The molecule has 82 valence electrons. The Hall–Kier alpha value is -1.41. The van der Waals surface area contributed by atoms with E-state index in [4.69, 9.17) is 0 Å². The lowest BCUT2D eigenvalue weighted by Crippen LogP contribution is -2.18. The minimum atomic E-state index is 0.493. The van der Waals surface area contributed by atoms with E-state index in [0.717, 1.165) is 11.4 Å². The lowest BCUT2D eigenvalue weighted by Gasteiger charge is -2.17. The van der Waals surface area contributed by atoms with Gasteiger partial charge in [-0.2, -0.15) is 0 Å². The molecule has 2 heteroatoms. The van der Waals surface area contributed by atoms with Gasteiger partial charge in [0.15, 0.2) is 0 Å². The molecule has 1 unspecified atom stereocenters. The molecule has 0 spiro atoms. The summed E-state index contributed by atoms with van der Waals surface area (Å²) < 4.78 is 0. The van der Waals surface area contributed by atoms with Gasteiger partial charge >= 0.3 is 0 Å². The lowest BCUT2D eigenvalue weighted by atomic mass is 9.99. The summed E-state index contributed by atoms with van der Waals surface area (Å²) in [4.78, 5) is 4.41. The van der Waals surface area contributed by atoms with Gasteiger partial charge in [-0.1, -0.05) is 18.2 Å². The van der Waals surface area contributed by atoms with Gasteiger partial charge in [-0.05, 0) is 43.5 Å². The normalized spacial score (nSPS) is 17.6. The van der Waals surface area contributed by atoms with Crippen LogP contribution >= 0.6 is 0 Å². The molecule has 0 saturated heterocycles. The van der Waals surface area contributed by atoms with Crippen molar-refractivity contribution in [1.29, 1.82) is 0 Å². The highest BCUT2D eigenvalue weighted by molar-refractivity contribution is 5.82. The molecule has 0 bridgehead atoms. The summed E-state index contributed by atoms with van der Waals surface area (Å²) in [7, 11) is 2.05. The van der Waals surface area contributed by atoms with Crippen molar-refractivity contribution in [2.24, 2.45) is 5.92 Å². The second-order valence-corrected chi connectivity index (χ2v) is 4.52. The molecule has 16 heavy (non-hydrogen) atoms. The molecule has 1 aliphatic rings. The summed E-state index contributed by atoms with van der Waals surface area (Å²) in [5.74, 6) is 0.816.